The molecular weight excluding hydrogens is 446 g/mol. The summed E-state index contributed by atoms with van der Waals surface area (Å²) in [5, 5.41) is 10.9. The second-order valence-electron chi connectivity index (χ2n) is 11.6. The molecule has 7 nitrogen and oxygen atoms in total. The van der Waals surface area contributed by atoms with E-state index in [0.29, 0.717) is 6.04 Å². The van der Waals surface area contributed by atoms with Gasteiger partial charge in [-0.1, -0.05) is 38.7 Å². The quantitative estimate of drug-likeness (QED) is 0.361. The molecule has 3 atom stereocenters. The first-order valence-electron chi connectivity index (χ1n) is 14.7. The van der Waals surface area contributed by atoms with Crippen molar-refractivity contribution in [2.45, 2.75) is 108 Å². The Labute approximate surface area is 218 Å². The zero-order valence-corrected chi connectivity index (χ0v) is 22.5. The van der Waals surface area contributed by atoms with Gasteiger partial charge in [0.15, 0.2) is 0 Å². The van der Waals surface area contributed by atoms with Gasteiger partial charge < -0.3 is 20.9 Å². The maximum absolute atomic E-state index is 4.97. The van der Waals surface area contributed by atoms with Gasteiger partial charge in [-0.2, -0.15) is 4.98 Å². The number of hydrogen-bond donors (Lipinski definition) is 3. The number of dihydropyridines is 1. The molecule has 1 aromatic heterocycles. The number of rotatable bonds is 11. The standard InChI is InChI=1S/C29H47N7/c1-3-4-14-31-29-33-20-26(28(35-29)34-23-8-6-5-7-9-23)27-13-10-21(19-32-27)17-30-18-22-15-24-11-12-25(16-22)36(24)2/h10,19-20,22-25,27,30H,3-9,11-18H2,1-2H3,(H2,31,33,34,35). The summed E-state index contributed by atoms with van der Waals surface area (Å²) in [5.41, 5.74) is 2.44. The molecule has 5 rings (SSSR count). The molecule has 1 saturated carbocycles. The first kappa shape index (κ1) is 25.7. The van der Waals surface area contributed by atoms with Crippen LogP contribution < -0.4 is 16.0 Å². The Hall–Kier alpha value is -1.99. The number of nitrogens with zero attached hydrogens (tertiary/aromatic N) is 4. The molecule has 198 valence electrons. The number of piperidine rings is 1. The zero-order valence-electron chi connectivity index (χ0n) is 22.5. The van der Waals surface area contributed by atoms with Crippen molar-refractivity contribution in [3.8, 4) is 0 Å². The summed E-state index contributed by atoms with van der Waals surface area (Å²) in [6.07, 6.45) is 21.6. The van der Waals surface area contributed by atoms with Crippen LogP contribution in [0, 0.1) is 5.92 Å². The Morgan fingerprint density at radius 1 is 1.06 bits per heavy atom. The smallest absolute Gasteiger partial charge is 0.224 e. The Morgan fingerprint density at radius 3 is 2.58 bits per heavy atom. The molecule has 2 saturated heterocycles. The minimum absolute atomic E-state index is 0.0917. The number of hydrogen-bond acceptors (Lipinski definition) is 7. The van der Waals surface area contributed by atoms with Gasteiger partial charge in [-0.3, -0.25) is 4.99 Å². The van der Waals surface area contributed by atoms with E-state index < -0.39 is 0 Å². The van der Waals surface area contributed by atoms with Crippen LogP contribution in [-0.4, -0.2) is 65.9 Å². The van der Waals surface area contributed by atoms with Crippen molar-refractivity contribution in [2.75, 3.05) is 37.3 Å². The van der Waals surface area contributed by atoms with Crippen molar-refractivity contribution in [1.82, 2.24) is 20.2 Å². The summed E-state index contributed by atoms with van der Waals surface area (Å²) in [5.74, 6) is 2.53. The fourth-order valence-electron chi connectivity index (χ4n) is 6.65. The van der Waals surface area contributed by atoms with E-state index in [1.54, 1.807) is 0 Å². The van der Waals surface area contributed by atoms with Gasteiger partial charge in [-0.15, -0.1) is 0 Å². The van der Waals surface area contributed by atoms with E-state index >= 15 is 0 Å². The van der Waals surface area contributed by atoms with E-state index in [9.17, 15) is 0 Å². The average Bonchev–Trinajstić information content (AvgIpc) is 3.10. The van der Waals surface area contributed by atoms with Crippen LogP contribution in [-0.2, 0) is 0 Å². The lowest BCUT2D eigenvalue weighted by Crippen LogP contribution is -2.42. The van der Waals surface area contributed by atoms with Gasteiger partial charge >= 0.3 is 0 Å². The summed E-state index contributed by atoms with van der Waals surface area (Å²) in [7, 11) is 2.32. The predicted molar refractivity (Wildman–Crippen MR) is 150 cm³/mol. The lowest BCUT2D eigenvalue weighted by molar-refractivity contribution is 0.133. The average molecular weight is 494 g/mol. The number of fused-ring (bicyclic) bond motifs is 2. The first-order chi connectivity index (χ1) is 17.7. The molecular formula is C29H47N7. The maximum atomic E-state index is 4.97. The molecule has 1 aliphatic carbocycles. The third-order valence-electron chi connectivity index (χ3n) is 8.92. The van der Waals surface area contributed by atoms with Crippen molar-refractivity contribution >= 4 is 18.0 Å². The minimum atomic E-state index is 0.0917. The largest absolute Gasteiger partial charge is 0.367 e. The number of anilines is 2. The van der Waals surface area contributed by atoms with Crippen LogP contribution in [0.4, 0.5) is 11.8 Å². The highest BCUT2D eigenvalue weighted by molar-refractivity contribution is 5.80. The summed E-state index contributed by atoms with van der Waals surface area (Å²) < 4.78 is 0. The highest BCUT2D eigenvalue weighted by Gasteiger charge is 2.38. The molecule has 3 N–H and O–H groups in total. The topological polar surface area (TPSA) is 77.5 Å². The normalized spacial score (nSPS) is 28.8. The van der Waals surface area contributed by atoms with Crippen molar-refractivity contribution in [2.24, 2.45) is 10.9 Å². The van der Waals surface area contributed by atoms with E-state index in [-0.39, 0.29) is 6.04 Å². The van der Waals surface area contributed by atoms with E-state index in [2.05, 4.69) is 52.1 Å². The molecule has 4 heterocycles. The molecule has 7 heteroatoms. The van der Waals surface area contributed by atoms with Crippen LogP contribution in [0.3, 0.4) is 0 Å². The third kappa shape index (κ3) is 6.46. The summed E-state index contributed by atoms with van der Waals surface area (Å²) >= 11 is 0. The van der Waals surface area contributed by atoms with Crippen LogP contribution in [0.5, 0.6) is 0 Å². The first-order valence-corrected chi connectivity index (χ1v) is 14.7. The lowest BCUT2D eigenvalue weighted by atomic mass is 9.91. The van der Waals surface area contributed by atoms with Crippen molar-refractivity contribution < 1.29 is 0 Å². The summed E-state index contributed by atoms with van der Waals surface area (Å²) in [6, 6.07) is 2.24. The van der Waals surface area contributed by atoms with Crippen LogP contribution >= 0.6 is 0 Å². The van der Waals surface area contributed by atoms with E-state index in [4.69, 9.17) is 9.98 Å². The van der Waals surface area contributed by atoms with E-state index in [1.807, 2.05) is 6.20 Å². The number of unbranched alkanes of at least 4 members (excludes halogenated alkanes) is 1. The Morgan fingerprint density at radius 2 is 1.86 bits per heavy atom. The van der Waals surface area contributed by atoms with Gasteiger partial charge in [0, 0.05) is 49.2 Å². The van der Waals surface area contributed by atoms with Gasteiger partial charge in [0.1, 0.15) is 5.82 Å². The number of nitrogens with one attached hydrogen (secondary N) is 3. The van der Waals surface area contributed by atoms with Crippen LogP contribution in [0.1, 0.15) is 95.6 Å². The van der Waals surface area contributed by atoms with Crippen LogP contribution in [0.2, 0.25) is 0 Å². The molecule has 4 aliphatic rings. The monoisotopic (exact) mass is 493 g/mol. The molecule has 0 radical (unpaired) electrons. The van der Waals surface area contributed by atoms with Crippen LogP contribution in [0.15, 0.2) is 22.8 Å². The van der Waals surface area contributed by atoms with E-state index in [1.165, 1.54) is 63.4 Å². The molecule has 0 amide bonds. The maximum Gasteiger partial charge on any atom is 0.224 e. The third-order valence-corrected chi connectivity index (χ3v) is 8.92. The van der Waals surface area contributed by atoms with E-state index in [0.717, 1.165) is 74.2 Å². The predicted octanol–water partition coefficient (Wildman–Crippen LogP) is 5.34. The fourth-order valence-corrected chi connectivity index (χ4v) is 6.65. The summed E-state index contributed by atoms with van der Waals surface area (Å²) in [6.45, 7) is 5.17. The molecule has 2 bridgehead atoms. The lowest BCUT2D eigenvalue weighted by Gasteiger charge is -2.36. The van der Waals surface area contributed by atoms with Crippen molar-refractivity contribution in [3.05, 3.63) is 23.4 Å². The summed E-state index contributed by atoms with van der Waals surface area (Å²) in [4.78, 5) is 17.2. The Balaban J connectivity index is 1.16. The number of aromatic nitrogens is 2. The SMILES string of the molecule is CCCCNc1ncc(C2CC=C(CNCC3CC4CCC(C3)N4C)C=N2)c(NC2CCCCC2)n1. The second kappa shape index (κ2) is 12.5. The van der Waals surface area contributed by atoms with Crippen molar-refractivity contribution in [1.29, 1.82) is 0 Å². The Bertz CT molecular complexity index is 893. The highest BCUT2D eigenvalue weighted by Crippen LogP contribution is 2.37. The Kier molecular flexibility index (Phi) is 8.91. The zero-order chi connectivity index (χ0) is 24.7. The van der Waals surface area contributed by atoms with Gasteiger partial charge in [-0.05, 0) is 76.5 Å². The fraction of sp³-hybridized carbons (Fsp3) is 0.759. The van der Waals surface area contributed by atoms with Gasteiger partial charge in [0.25, 0.3) is 0 Å². The highest BCUT2D eigenvalue weighted by atomic mass is 15.2. The number of aliphatic imine (C=N–C) groups is 1. The molecule has 3 fully saturated rings. The minimum Gasteiger partial charge on any atom is -0.367 e. The molecule has 0 aromatic carbocycles. The molecule has 1 aromatic rings. The molecule has 0 spiro atoms. The molecule has 3 aliphatic heterocycles. The van der Waals surface area contributed by atoms with Gasteiger partial charge in [0.2, 0.25) is 5.95 Å². The van der Waals surface area contributed by atoms with Crippen LogP contribution in [0.25, 0.3) is 0 Å². The van der Waals surface area contributed by atoms with Gasteiger partial charge in [-0.25, -0.2) is 4.98 Å². The van der Waals surface area contributed by atoms with Crippen molar-refractivity contribution in [3.63, 3.8) is 0 Å². The van der Waals surface area contributed by atoms with Gasteiger partial charge in [0.05, 0.1) is 6.04 Å². The second-order valence-corrected chi connectivity index (χ2v) is 11.6. The molecule has 3 unspecified atom stereocenters. The molecule has 36 heavy (non-hydrogen) atoms.